The van der Waals surface area contributed by atoms with Crippen molar-refractivity contribution in [3.8, 4) is 28.2 Å². The lowest BCUT2D eigenvalue weighted by Crippen LogP contribution is -2.46. The van der Waals surface area contributed by atoms with E-state index in [1.165, 1.54) is 30.0 Å². The second kappa shape index (κ2) is 21.8. The smallest absolute Gasteiger partial charge is 0.241 e. The van der Waals surface area contributed by atoms with E-state index in [9.17, 15) is 29.1 Å². The zero-order valence-corrected chi connectivity index (χ0v) is 35.4. The number of hydrogen-bond acceptors (Lipinski definition) is 10. The number of nitrogens with two attached hydrogens (primary N) is 1. The molecule has 3 aliphatic rings. The lowest BCUT2D eigenvalue weighted by Gasteiger charge is -2.19. The van der Waals surface area contributed by atoms with Crippen molar-refractivity contribution >= 4 is 64.3 Å². The van der Waals surface area contributed by atoms with Crippen LogP contribution in [0.1, 0.15) is 67.7 Å². The van der Waals surface area contributed by atoms with E-state index in [0.29, 0.717) is 54.0 Å². The number of amides is 4. The minimum atomic E-state index is -0.545. The minimum Gasteiger partial charge on any atom is -0.508 e. The molecule has 2 aliphatic heterocycles. The van der Waals surface area contributed by atoms with Gasteiger partial charge in [-0.15, -0.1) is 11.8 Å². The Labute approximate surface area is 358 Å². The molecule has 2 heterocycles. The normalized spacial score (nSPS) is 16.7. The molecule has 2 unspecified atom stereocenters. The van der Waals surface area contributed by atoms with Crippen LogP contribution in [0.4, 0.5) is 5.69 Å². The molecule has 0 saturated carbocycles. The summed E-state index contributed by atoms with van der Waals surface area (Å²) >= 11 is 3.21. The molecule has 7 N–H and O–H groups in total. The maximum absolute atomic E-state index is 13.8. The summed E-state index contributed by atoms with van der Waals surface area (Å²) in [6.07, 6.45) is 6.63. The minimum absolute atomic E-state index is 0.0227. The number of benzene rings is 4. The fourth-order valence-electron chi connectivity index (χ4n) is 7.52. The first-order valence-electron chi connectivity index (χ1n) is 20.5. The fourth-order valence-corrected chi connectivity index (χ4v) is 10.1. The lowest BCUT2D eigenvalue weighted by atomic mass is 9.91. The van der Waals surface area contributed by atoms with Gasteiger partial charge in [0.1, 0.15) is 22.3 Å². The third-order valence-corrected chi connectivity index (χ3v) is 13.5. The van der Waals surface area contributed by atoms with Crippen molar-refractivity contribution in [1.29, 1.82) is 0 Å². The van der Waals surface area contributed by atoms with E-state index in [1.807, 2.05) is 55.5 Å². The molecular formula is C46H53N5O7S2. The number of rotatable bonds is 21. The van der Waals surface area contributed by atoms with Gasteiger partial charge in [-0.3, -0.25) is 24.0 Å². The van der Waals surface area contributed by atoms with Gasteiger partial charge in [-0.05, 0) is 92.1 Å². The Balaban J connectivity index is 0.928. The highest BCUT2D eigenvalue weighted by molar-refractivity contribution is 8.00. The maximum atomic E-state index is 13.8. The Bertz CT molecular complexity index is 2290. The predicted octanol–water partition coefficient (Wildman–Crippen LogP) is 6.90. The fraction of sp³-hybridized carbons (Fsp3) is 0.370. The first kappa shape index (κ1) is 44.2. The van der Waals surface area contributed by atoms with E-state index in [-0.39, 0.29) is 47.4 Å². The summed E-state index contributed by atoms with van der Waals surface area (Å²) in [5.74, 6) is 1.52. The molecular weight excluding hydrogens is 799 g/mol. The summed E-state index contributed by atoms with van der Waals surface area (Å²) in [5, 5.41) is 22.5. The van der Waals surface area contributed by atoms with E-state index >= 15 is 0 Å². The monoisotopic (exact) mass is 851 g/mol. The van der Waals surface area contributed by atoms with E-state index in [1.54, 1.807) is 30.0 Å². The van der Waals surface area contributed by atoms with Crippen LogP contribution < -0.4 is 32.4 Å². The quantitative estimate of drug-likeness (QED) is 0.0257. The molecule has 12 nitrogen and oxygen atoms in total. The summed E-state index contributed by atoms with van der Waals surface area (Å²) in [7, 11) is 0. The van der Waals surface area contributed by atoms with Crippen LogP contribution in [0.25, 0.3) is 33.4 Å². The van der Waals surface area contributed by atoms with Gasteiger partial charge in [0.05, 0.1) is 6.04 Å². The van der Waals surface area contributed by atoms with Crippen LogP contribution in [-0.2, 0) is 19.2 Å². The topological polar surface area (TPSA) is 193 Å². The van der Waals surface area contributed by atoms with Crippen molar-refractivity contribution in [2.45, 2.75) is 80.9 Å². The standard InChI is InChI=1S/C46H53N5O7S2/c1-29-24-31(14-17-34(29)43-35-18-15-32(53)25-38(35)58-39-26-33(54)16-19-36(39)43)51-46(57)45(30-10-4-2-5-11-30)59-23-20-42(56)49-22-9-3-8-21-48-41(55)13-7-6-12-40-44(47)37(27-60-40)50-28-52/h2,4-5,10-11,14-19,24-26,28,37,40,44-45,53H,3,6-9,12-13,20-23,27,47H2,1H3,(H,48,55)(H,49,56)(H,50,52)(H,51,57)/t37-,40?,44-,45?/m0/s1. The van der Waals surface area contributed by atoms with Crippen molar-refractivity contribution in [1.82, 2.24) is 16.0 Å². The number of aryl methyl sites for hydroxylation is 1. The highest BCUT2D eigenvalue weighted by Crippen LogP contribution is 2.42. The molecule has 4 atom stereocenters. The van der Waals surface area contributed by atoms with Gasteiger partial charge in [0.2, 0.25) is 24.1 Å². The summed E-state index contributed by atoms with van der Waals surface area (Å²) < 4.78 is 6.01. The molecule has 4 amide bonds. The second-order valence-electron chi connectivity index (χ2n) is 15.1. The molecule has 0 radical (unpaired) electrons. The van der Waals surface area contributed by atoms with Crippen LogP contribution in [0.15, 0.2) is 94.1 Å². The number of carbonyl (C=O) groups is 4. The summed E-state index contributed by atoms with van der Waals surface area (Å²) in [6, 6.07) is 24.8. The highest BCUT2D eigenvalue weighted by atomic mass is 32.2. The van der Waals surface area contributed by atoms with Crippen molar-refractivity contribution in [3.63, 3.8) is 0 Å². The number of thioether (sulfide) groups is 2. The summed E-state index contributed by atoms with van der Waals surface area (Å²) in [6.45, 7) is 3.11. The summed E-state index contributed by atoms with van der Waals surface area (Å²) in [4.78, 5) is 61.7. The molecule has 60 heavy (non-hydrogen) atoms. The molecule has 3 aromatic rings. The molecule has 0 bridgehead atoms. The number of carbonyl (C=O) groups excluding carboxylic acids is 4. The zero-order valence-electron chi connectivity index (χ0n) is 33.7. The number of hydrogen-bond donors (Lipinski definition) is 6. The molecule has 1 aliphatic carbocycles. The highest BCUT2D eigenvalue weighted by Gasteiger charge is 2.33. The largest absolute Gasteiger partial charge is 0.508 e. The maximum Gasteiger partial charge on any atom is 0.241 e. The van der Waals surface area contributed by atoms with Gasteiger partial charge < -0.3 is 36.5 Å². The Morgan fingerprint density at radius 3 is 2.40 bits per heavy atom. The average molecular weight is 852 g/mol. The Kier molecular flexibility index (Phi) is 16.1. The van der Waals surface area contributed by atoms with E-state index in [2.05, 4.69) is 21.3 Å². The Morgan fingerprint density at radius 1 is 0.900 bits per heavy atom. The number of phenolic OH excluding ortho intramolecular Hbond substituents is 1. The van der Waals surface area contributed by atoms with Crippen molar-refractivity contribution < 1.29 is 28.7 Å². The molecule has 1 fully saturated rings. The number of anilines is 1. The van der Waals surface area contributed by atoms with Gasteiger partial charge in [-0.1, -0.05) is 42.8 Å². The second-order valence-corrected chi connectivity index (χ2v) is 17.6. The van der Waals surface area contributed by atoms with E-state index in [0.717, 1.165) is 77.5 Å². The molecule has 0 aromatic heterocycles. The Morgan fingerprint density at radius 2 is 1.65 bits per heavy atom. The number of fused-ring (bicyclic) bond motifs is 2. The molecule has 316 valence electrons. The number of aromatic hydroxyl groups is 1. The van der Waals surface area contributed by atoms with Crippen molar-refractivity contribution in [2.24, 2.45) is 5.73 Å². The van der Waals surface area contributed by atoms with Gasteiger partial charge >= 0.3 is 0 Å². The van der Waals surface area contributed by atoms with E-state index < -0.39 is 5.25 Å². The number of nitrogens with one attached hydrogen (secondary N) is 4. The van der Waals surface area contributed by atoms with Gasteiger partial charge in [0.25, 0.3) is 0 Å². The van der Waals surface area contributed by atoms with Crippen LogP contribution in [0.5, 0.6) is 5.75 Å². The van der Waals surface area contributed by atoms with Crippen LogP contribution in [-0.4, -0.2) is 71.2 Å². The van der Waals surface area contributed by atoms with Crippen LogP contribution in [0.2, 0.25) is 0 Å². The summed E-state index contributed by atoms with van der Waals surface area (Å²) in [5.41, 5.74) is 11.4. The molecule has 14 heteroatoms. The number of unbranched alkanes of at least 4 members (excludes halogenated alkanes) is 3. The first-order valence-corrected chi connectivity index (χ1v) is 22.6. The third kappa shape index (κ3) is 11.9. The van der Waals surface area contributed by atoms with Crippen molar-refractivity contribution in [2.75, 3.05) is 29.9 Å². The average Bonchev–Trinajstić information content (AvgIpc) is 3.58. The molecule has 0 spiro atoms. The van der Waals surface area contributed by atoms with E-state index in [4.69, 9.17) is 10.2 Å². The van der Waals surface area contributed by atoms with Gasteiger partial charge in [0, 0.05) is 83.1 Å². The first-order chi connectivity index (χ1) is 29.1. The molecule has 6 rings (SSSR count). The van der Waals surface area contributed by atoms with Crippen LogP contribution >= 0.6 is 23.5 Å². The lowest BCUT2D eigenvalue weighted by molar-refractivity contribution is -0.121. The van der Waals surface area contributed by atoms with Crippen molar-refractivity contribution in [3.05, 3.63) is 106 Å². The molecule has 3 aromatic carbocycles. The Hall–Kier alpha value is -5.31. The molecule has 1 saturated heterocycles. The SMILES string of the molecule is Cc1cc(NC(=O)C(SCCC(=O)NCCCCCNC(=O)CCCCC2SC[C@H](NC=O)[C@@H]2N)c2ccccc2)ccc1-c1c2ccc(=O)cc-2oc2cc(O)ccc12. The van der Waals surface area contributed by atoms with Gasteiger partial charge in [0.15, 0.2) is 5.43 Å². The van der Waals surface area contributed by atoms with Crippen LogP contribution in [0, 0.1) is 6.92 Å². The number of phenols is 1. The third-order valence-electron chi connectivity index (χ3n) is 10.7. The zero-order chi connectivity index (χ0) is 42.4. The van der Waals surface area contributed by atoms with Gasteiger partial charge in [-0.2, -0.15) is 11.8 Å². The van der Waals surface area contributed by atoms with Gasteiger partial charge in [-0.25, -0.2) is 0 Å². The van der Waals surface area contributed by atoms with Crippen LogP contribution in [0.3, 0.4) is 0 Å². The predicted molar refractivity (Wildman–Crippen MR) is 241 cm³/mol.